The van der Waals surface area contributed by atoms with Crippen molar-refractivity contribution in [1.29, 1.82) is 0 Å². The van der Waals surface area contributed by atoms with Crippen LogP contribution < -0.4 is 5.32 Å². The van der Waals surface area contributed by atoms with Gasteiger partial charge >= 0.3 is 6.18 Å². The average molecular weight is 314 g/mol. The van der Waals surface area contributed by atoms with Crippen molar-refractivity contribution in [3.05, 3.63) is 35.4 Å². The zero-order chi connectivity index (χ0) is 16.0. The zero-order valence-electron chi connectivity index (χ0n) is 12.5. The normalized spacial score (nSPS) is 16.0. The second kappa shape index (κ2) is 7.63. The van der Waals surface area contributed by atoms with Gasteiger partial charge in [-0.15, -0.1) is 0 Å². The van der Waals surface area contributed by atoms with Gasteiger partial charge in [0.15, 0.2) is 0 Å². The first-order valence-electron chi connectivity index (χ1n) is 7.65. The summed E-state index contributed by atoms with van der Waals surface area (Å²) in [7, 11) is 0. The van der Waals surface area contributed by atoms with E-state index < -0.39 is 17.6 Å². The molecule has 0 radical (unpaired) electrons. The van der Waals surface area contributed by atoms with E-state index in [2.05, 4.69) is 10.2 Å². The molecule has 0 spiro atoms. The first-order valence-corrected chi connectivity index (χ1v) is 7.65. The summed E-state index contributed by atoms with van der Waals surface area (Å²) in [6.07, 6.45) is -0.308. The van der Waals surface area contributed by atoms with Crippen LogP contribution in [-0.4, -0.2) is 37.0 Å². The SMILES string of the molecule is O=C(NCCCCN1CCCC1)c1ccccc1C(F)(F)F. The Balaban J connectivity index is 1.77. The topological polar surface area (TPSA) is 32.3 Å². The van der Waals surface area contributed by atoms with Gasteiger partial charge in [0.05, 0.1) is 11.1 Å². The Kier molecular flexibility index (Phi) is 5.83. The highest BCUT2D eigenvalue weighted by atomic mass is 19.4. The largest absolute Gasteiger partial charge is 0.417 e. The Hall–Kier alpha value is -1.56. The molecule has 6 heteroatoms. The van der Waals surface area contributed by atoms with Gasteiger partial charge in [0.1, 0.15) is 0 Å². The molecule has 22 heavy (non-hydrogen) atoms. The molecule has 0 bridgehead atoms. The standard InChI is InChI=1S/C16H21F3N2O/c17-16(18,19)14-8-2-1-7-13(14)15(22)20-9-3-4-10-21-11-5-6-12-21/h1-2,7-8H,3-6,9-12H2,(H,20,22). The summed E-state index contributed by atoms with van der Waals surface area (Å²) in [5.74, 6) is -0.658. The van der Waals surface area contributed by atoms with E-state index >= 15 is 0 Å². The van der Waals surface area contributed by atoms with Crippen molar-refractivity contribution in [3.8, 4) is 0 Å². The van der Waals surface area contributed by atoms with Crippen molar-refractivity contribution in [2.24, 2.45) is 0 Å². The molecule has 0 aromatic heterocycles. The van der Waals surface area contributed by atoms with Gasteiger partial charge in [-0.2, -0.15) is 13.2 Å². The van der Waals surface area contributed by atoms with Crippen molar-refractivity contribution >= 4 is 5.91 Å². The molecule has 0 atom stereocenters. The molecule has 0 saturated carbocycles. The highest BCUT2D eigenvalue weighted by Gasteiger charge is 2.34. The Morgan fingerprint density at radius 1 is 1.14 bits per heavy atom. The number of benzene rings is 1. The fourth-order valence-electron chi connectivity index (χ4n) is 2.69. The maximum Gasteiger partial charge on any atom is 0.417 e. The van der Waals surface area contributed by atoms with E-state index in [-0.39, 0.29) is 5.56 Å². The van der Waals surface area contributed by atoms with Gasteiger partial charge in [-0.05, 0) is 57.5 Å². The lowest BCUT2D eigenvalue weighted by Gasteiger charge is -2.15. The van der Waals surface area contributed by atoms with E-state index in [0.717, 1.165) is 38.5 Å². The van der Waals surface area contributed by atoms with Crippen LogP contribution in [0, 0.1) is 0 Å². The number of unbranched alkanes of at least 4 members (excludes halogenated alkanes) is 1. The quantitative estimate of drug-likeness (QED) is 0.817. The van der Waals surface area contributed by atoms with Crippen LogP contribution in [0.15, 0.2) is 24.3 Å². The first-order chi connectivity index (χ1) is 10.5. The molecule has 122 valence electrons. The molecule has 1 aromatic carbocycles. The van der Waals surface area contributed by atoms with E-state index in [0.29, 0.717) is 6.54 Å². The molecule has 1 aromatic rings. The van der Waals surface area contributed by atoms with Crippen molar-refractivity contribution in [3.63, 3.8) is 0 Å². The number of nitrogens with one attached hydrogen (secondary N) is 1. The second-order valence-electron chi connectivity index (χ2n) is 5.56. The van der Waals surface area contributed by atoms with Crippen molar-refractivity contribution in [2.75, 3.05) is 26.2 Å². The molecule has 0 aliphatic carbocycles. The minimum Gasteiger partial charge on any atom is -0.352 e. The number of carbonyl (C=O) groups excluding carboxylic acids is 1. The monoisotopic (exact) mass is 314 g/mol. The number of hydrogen-bond acceptors (Lipinski definition) is 2. The molecule has 1 aliphatic heterocycles. The fourth-order valence-corrected chi connectivity index (χ4v) is 2.69. The predicted molar refractivity (Wildman–Crippen MR) is 78.7 cm³/mol. The van der Waals surface area contributed by atoms with Crippen LogP contribution in [0.3, 0.4) is 0 Å². The van der Waals surface area contributed by atoms with Crippen molar-refractivity contribution in [2.45, 2.75) is 31.9 Å². The molecule has 2 rings (SSSR count). The molecule has 1 aliphatic rings. The van der Waals surface area contributed by atoms with Crippen LogP contribution in [0.4, 0.5) is 13.2 Å². The lowest BCUT2D eigenvalue weighted by Crippen LogP contribution is -2.28. The van der Waals surface area contributed by atoms with Crippen LogP contribution >= 0.6 is 0 Å². The fraction of sp³-hybridized carbons (Fsp3) is 0.562. The smallest absolute Gasteiger partial charge is 0.352 e. The molecule has 1 fully saturated rings. The lowest BCUT2D eigenvalue weighted by molar-refractivity contribution is -0.137. The number of alkyl halides is 3. The molecule has 1 N–H and O–H groups in total. The third kappa shape index (κ3) is 4.73. The van der Waals surface area contributed by atoms with Crippen LogP contribution in [0.25, 0.3) is 0 Å². The van der Waals surface area contributed by atoms with E-state index in [1.54, 1.807) is 0 Å². The Bertz CT molecular complexity index is 496. The molecular formula is C16H21F3N2O. The number of amides is 1. The van der Waals surface area contributed by atoms with Crippen molar-refractivity contribution in [1.82, 2.24) is 10.2 Å². The number of hydrogen-bond donors (Lipinski definition) is 1. The Morgan fingerprint density at radius 2 is 1.82 bits per heavy atom. The van der Waals surface area contributed by atoms with Gasteiger partial charge in [0.25, 0.3) is 5.91 Å². The maximum absolute atomic E-state index is 12.8. The number of rotatable bonds is 6. The Morgan fingerprint density at radius 3 is 2.50 bits per heavy atom. The molecule has 0 unspecified atom stereocenters. The molecule has 1 saturated heterocycles. The van der Waals surface area contributed by atoms with E-state index in [9.17, 15) is 18.0 Å². The van der Waals surface area contributed by atoms with Gasteiger partial charge in [-0.3, -0.25) is 4.79 Å². The van der Waals surface area contributed by atoms with Gasteiger partial charge in [-0.25, -0.2) is 0 Å². The highest BCUT2D eigenvalue weighted by molar-refractivity contribution is 5.95. The van der Waals surface area contributed by atoms with Crippen LogP contribution in [0.1, 0.15) is 41.6 Å². The molecule has 3 nitrogen and oxygen atoms in total. The van der Waals surface area contributed by atoms with Gasteiger partial charge < -0.3 is 10.2 Å². The summed E-state index contributed by atoms with van der Waals surface area (Å²) in [6.45, 7) is 3.66. The third-order valence-corrected chi connectivity index (χ3v) is 3.86. The summed E-state index contributed by atoms with van der Waals surface area (Å²) < 4.78 is 38.5. The summed E-state index contributed by atoms with van der Waals surface area (Å²) in [5, 5.41) is 2.58. The number of likely N-dealkylation sites (tertiary alicyclic amines) is 1. The van der Waals surface area contributed by atoms with E-state index in [1.165, 1.54) is 31.0 Å². The number of nitrogens with zero attached hydrogens (tertiary/aromatic N) is 1. The zero-order valence-corrected chi connectivity index (χ0v) is 12.5. The van der Waals surface area contributed by atoms with Crippen LogP contribution in [-0.2, 0) is 6.18 Å². The molecule has 1 amide bonds. The third-order valence-electron chi connectivity index (χ3n) is 3.86. The van der Waals surface area contributed by atoms with E-state index in [1.807, 2.05) is 0 Å². The summed E-state index contributed by atoms with van der Waals surface area (Å²) in [5.41, 5.74) is -1.20. The average Bonchev–Trinajstić information content (AvgIpc) is 2.99. The summed E-state index contributed by atoms with van der Waals surface area (Å²) >= 11 is 0. The first kappa shape index (κ1) is 16.8. The van der Waals surface area contributed by atoms with E-state index in [4.69, 9.17) is 0 Å². The minimum absolute atomic E-state index is 0.311. The summed E-state index contributed by atoms with van der Waals surface area (Å²) in [4.78, 5) is 14.3. The van der Waals surface area contributed by atoms with Crippen molar-refractivity contribution < 1.29 is 18.0 Å². The number of halogens is 3. The predicted octanol–water partition coefficient (Wildman–Crippen LogP) is 3.31. The van der Waals surface area contributed by atoms with Gasteiger partial charge in [0, 0.05) is 6.54 Å². The molecule has 1 heterocycles. The molecular weight excluding hydrogens is 293 g/mol. The Labute approximate surface area is 128 Å². The maximum atomic E-state index is 12.8. The van der Waals surface area contributed by atoms with Gasteiger partial charge in [0.2, 0.25) is 0 Å². The second-order valence-corrected chi connectivity index (χ2v) is 5.56. The summed E-state index contributed by atoms with van der Waals surface area (Å²) in [6, 6.07) is 4.87. The lowest BCUT2D eigenvalue weighted by atomic mass is 10.1. The van der Waals surface area contributed by atoms with Crippen LogP contribution in [0.2, 0.25) is 0 Å². The number of carbonyl (C=O) groups is 1. The van der Waals surface area contributed by atoms with Crippen LogP contribution in [0.5, 0.6) is 0 Å². The minimum atomic E-state index is -4.51. The highest BCUT2D eigenvalue weighted by Crippen LogP contribution is 2.31. The van der Waals surface area contributed by atoms with Gasteiger partial charge in [-0.1, -0.05) is 12.1 Å².